The Morgan fingerprint density at radius 2 is 2.00 bits per heavy atom. The molecule has 6 nitrogen and oxygen atoms in total. The third-order valence-electron chi connectivity index (χ3n) is 4.17. The number of para-hydroxylation sites is 1. The smallest absolute Gasteiger partial charge is 0.249 e. The highest BCUT2D eigenvalue weighted by Gasteiger charge is 2.07. The number of rotatable bonds is 7. The molecule has 0 unspecified atom stereocenters. The number of benzene rings is 2. The van der Waals surface area contributed by atoms with Gasteiger partial charge >= 0.3 is 0 Å². The molecule has 0 spiro atoms. The van der Waals surface area contributed by atoms with Gasteiger partial charge in [0.25, 0.3) is 0 Å². The van der Waals surface area contributed by atoms with Gasteiger partial charge in [-0.05, 0) is 42.3 Å². The average Bonchev–Trinajstić information content (AvgIpc) is 3.10. The molecule has 1 heterocycles. The maximum absolute atomic E-state index is 12.1. The highest BCUT2D eigenvalue weighted by atomic mass is 16.5. The molecule has 0 aliphatic carbocycles. The Morgan fingerprint density at radius 3 is 2.71 bits per heavy atom. The number of hydrogen-bond donors (Lipinski definition) is 1. The third-order valence-corrected chi connectivity index (χ3v) is 4.17. The van der Waals surface area contributed by atoms with E-state index in [2.05, 4.69) is 10.4 Å². The van der Waals surface area contributed by atoms with E-state index in [9.17, 15) is 4.79 Å². The fourth-order valence-electron chi connectivity index (χ4n) is 2.71. The van der Waals surface area contributed by atoms with Crippen molar-refractivity contribution in [3.05, 3.63) is 77.5 Å². The van der Waals surface area contributed by atoms with Crippen LogP contribution in [0.4, 0.5) is 5.82 Å². The SMILES string of the molecule is COc1ccc(/C=C/C(=O)Nc2ccn(C)n2)cc1COc1ccccc1C. The lowest BCUT2D eigenvalue weighted by molar-refractivity contribution is -0.111. The summed E-state index contributed by atoms with van der Waals surface area (Å²) >= 11 is 0. The Kier molecular flexibility index (Phi) is 6.11. The molecule has 3 aromatic rings. The summed E-state index contributed by atoms with van der Waals surface area (Å²) in [4.78, 5) is 12.1. The number of anilines is 1. The first kappa shape index (κ1) is 19.2. The molecule has 2 aromatic carbocycles. The van der Waals surface area contributed by atoms with E-state index in [4.69, 9.17) is 9.47 Å². The van der Waals surface area contributed by atoms with Crippen molar-refractivity contribution >= 4 is 17.8 Å². The second-order valence-electron chi connectivity index (χ2n) is 6.32. The fourth-order valence-corrected chi connectivity index (χ4v) is 2.71. The second-order valence-corrected chi connectivity index (χ2v) is 6.32. The standard InChI is InChI=1S/C22H23N3O3/c1-16-6-4-5-7-19(16)28-15-18-14-17(8-10-20(18)27-3)9-11-22(26)23-21-12-13-25(2)24-21/h4-14H,15H2,1-3H3,(H,23,24,26)/b11-9+. The summed E-state index contributed by atoms with van der Waals surface area (Å²) in [6, 6.07) is 15.3. The zero-order chi connectivity index (χ0) is 19.9. The van der Waals surface area contributed by atoms with Gasteiger partial charge < -0.3 is 14.8 Å². The number of hydrogen-bond acceptors (Lipinski definition) is 4. The Morgan fingerprint density at radius 1 is 1.18 bits per heavy atom. The Labute approximate surface area is 164 Å². The molecule has 0 saturated carbocycles. The zero-order valence-corrected chi connectivity index (χ0v) is 16.2. The van der Waals surface area contributed by atoms with Crippen LogP contribution in [0.25, 0.3) is 6.08 Å². The molecule has 28 heavy (non-hydrogen) atoms. The van der Waals surface area contributed by atoms with E-state index in [1.807, 2.05) is 49.4 Å². The quantitative estimate of drug-likeness (QED) is 0.633. The van der Waals surface area contributed by atoms with Gasteiger partial charge in [-0.25, -0.2) is 0 Å². The van der Waals surface area contributed by atoms with E-state index in [0.717, 1.165) is 28.2 Å². The van der Waals surface area contributed by atoms with Crippen molar-refractivity contribution in [3.63, 3.8) is 0 Å². The Hall–Kier alpha value is -3.54. The summed E-state index contributed by atoms with van der Waals surface area (Å²) in [7, 11) is 3.42. The van der Waals surface area contributed by atoms with Crippen molar-refractivity contribution in [1.29, 1.82) is 0 Å². The Balaban J connectivity index is 1.69. The molecule has 0 aliphatic heterocycles. The molecule has 0 fully saturated rings. The van der Waals surface area contributed by atoms with Crippen LogP contribution in [0.2, 0.25) is 0 Å². The molecular weight excluding hydrogens is 354 g/mol. The van der Waals surface area contributed by atoms with Gasteiger partial charge in [-0.3, -0.25) is 9.48 Å². The molecule has 0 bridgehead atoms. The summed E-state index contributed by atoms with van der Waals surface area (Å²) in [5, 5.41) is 6.84. The summed E-state index contributed by atoms with van der Waals surface area (Å²) in [6.07, 6.45) is 4.99. The number of amides is 1. The summed E-state index contributed by atoms with van der Waals surface area (Å²) in [5.41, 5.74) is 2.85. The molecule has 0 atom stereocenters. The van der Waals surface area contributed by atoms with Gasteiger partial charge in [0.05, 0.1) is 7.11 Å². The van der Waals surface area contributed by atoms with Gasteiger partial charge in [0, 0.05) is 31.0 Å². The topological polar surface area (TPSA) is 65.4 Å². The maximum Gasteiger partial charge on any atom is 0.249 e. The molecule has 144 valence electrons. The lowest BCUT2D eigenvalue weighted by Gasteiger charge is -2.12. The minimum atomic E-state index is -0.243. The molecule has 1 aromatic heterocycles. The lowest BCUT2D eigenvalue weighted by atomic mass is 10.1. The summed E-state index contributed by atoms with van der Waals surface area (Å²) < 4.78 is 13.0. The van der Waals surface area contributed by atoms with Crippen LogP contribution in [0.15, 0.2) is 60.8 Å². The van der Waals surface area contributed by atoms with Crippen LogP contribution in [0.1, 0.15) is 16.7 Å². The van der Waals surface area contributed by atoms with Crippen LogP contribution in [0, 0.1) is 6.92 Å². The predicted molar refractivity (Wildman–Crippen MR) is 109 cm³/mol. The molecule has 0 saturated heterocycles. The minimum Gasteiger partial charge on any atom is -0.496 e. The number of nitrogens with one attached hydrogen (secondary N) is 1. The zero-order valence-electron chi connectivity index (χ0n) is 16.2. The van der Waals surface area contributed by atoms with Crippen molar-refractivity contribution in [2.24, 2.45) is 7.05 Å². The van der Waals surface area contributed by atoms with Crippen molar-refractivity contribution < 1.29 is 14.3 Å². The lowest BCUT2D eigenvalue weighted by Crippen LogP contribution is -2.08. The molecular formula is C22H23N3O3. The minimum absolute atomic E-state index is 0.243. The van der Waals surface area contributed by atoms with E-state index in [0.29, 0.717) is 12.4 Å². The number of aryl methyl sites for hydroxylation is 2. The molecule has 6 heteroatoms. The van der Waals surface area contributed by atoms with Gasteiger partial charge in [0.2, 0.25) is 5.91 Å². The molecule has 0 aliphatic rings. The number of aromatic nitrogens is 2. The number of carbonyl (C=O) groups excluding carboxylic acids is 1. The van der Waals surface area contributed by atoms with Crippen LogP contribution in [0.3, 0.4) is 0 Å². The monoisotopic (exact) mass is 377 g/mol. The summed E-state index contributed by atoms with van der Waals surface area (Å²) in [5.74, 6) is 1.84. The van der Waals surface area contributed by atoms with Gasteiger partial charge in [0.1, 0.15) is 18.1 Å². The molecule has 0 radical (unpaired) electrons. The van der Waals surface area contributed by atoms with Crippen LogP contribution >= 0.6 is 0 Å². The number of ether oxygens (including phenoxy) is 2. The third kappa shape index (κ3) is 5.01. The highest BCUT2D eigenvalue weighted by molar-refractivity contribution is 6.01. The van der Waals surface area contributed by atoms with Crippen molar-refractivity contribution in [2.45, 2.75) is 13.5 Å². The molecule has 1 N–H and O–H groups in total. The van der Waals surface area contributed by atoms with Gasteiger partial charge in [0.15, 0.2) is 5.82 Å². The van der Waals surface area contributed by atoms with Crippen LogP contribution in [0.5, 0.6) is 11.5 Å². The average molecular weight is 377 g/mol. The van der Waals surface area contributed by atoms with Gasteiger partial charge in [-0.2, -0.15) is 5.10 Å². The largest absolute Gasteiger partial charge is 0.496 e. The first-order chi connectivity index (χ1) is 13.5. The first-order valence-corrected chi connectivity index (χ1v) is 8.89. The Bertz CT molecular complexity index is 992. The van der Waals surface area contributed by atoms with Crippen molar-refractivity contribution in [1.82, 2.24) is 9.78 Å². The maximum atomic E-state index is 12.1. The predicted octanol–water partition coefficient (Wildman–Crippen LogP) is 3.97. The normalized spacial score (nSPS) is 10.8. The van der Waals surface area contributed by atoms with Crippen molar-refractivity contribution in [3.8, 4) is 11.5 Å². The van der Waals surface area contributed by atoms with Crippen LogP contribution in [-0.2, 0) is 18.4 Å². The van der Waals surface area contributed by atoms with Crippen molar-refractivity contribution in [2.75, 3.05) is 12.4 Å². The van der Waals surface area contributed by atoms with E-state index in [1.165, 1.54) is 6.08 Å². The number of nitrogens with zero attached hydrogens (tertiary/aromatic N) is 2. The van der Waals surface area contributed by atoms with E-state index in [-0.39, 0.29) is 5.91 Å². The van der Waals surface area contributed by atoms with Crippen LogP contribution in [-0.4, -0.2) is 22.8 Å². The second kappa shape index (κ2) is 8.90. The van der Waals surface area contributed by atoms with Gasteiger partial charge in [-0.1, -0.05) is 24.3 Å². The van der Waals surface area contributed by atoms with E-state index < -0.39 is 0 Å². The number of carbonyl (C=O) groups is 1. The summed E-state index contributed by atoms with van der Waals surface area (Å²) in [6.45, 7) is 2.38. The van der Waals surface area contributed by atoms with E-state index >= 15 is 0 Å². The molecule has 1 amide bonds. The fraction of sp³-hybridized carbons (Fsp3) is 0.182. The van der Waals surface area contributed by atoms with Gasteiger partial charge in [-0.15, -0.1) is 0 Å². The first-order valence-electron chi connectivity index (χ1n) is 8.89. The number of methoxy groups -OCH3 is 1. The highest BCUT2D eigenvalue weighted by Crippen LogP contribution is 2.24. The molecule has 3 rings (SSSR count). The van der Waals surface area contributed by atoms with Crippen LogP contribution < -0.4 is 14.8 Å². The van der Waals surface area contributed by atoms with E-state index in [1.54, 1.807) is 37.2 Å².